The summed E-state index contributed by atoms with van der Waals surface area (Å²) in [6, 6.07) is 0. The molecule has 1 aliphatic carbocycles. The molecule has 0 atom stereocenters. The molecule has 2 nitrogen and oxygen atoms in total. The number of hydrogen-bond acceptors (Lipinski definition) is 2. The fourth-order valence-corrected chi connectivity index (χ4v) is 2.83. The van der Waals surface area contributed by atoms with E-state index >= 15 is 0 Å². The summed E-state index contributed by atoms with van der Waals surface area (Å²) in [6.07, 6.45) is 2.75. The Morgan fingerprint density at radius 1 is 1.41 bits per heavy atom. The van der Waals surface area contributed by atoms with Crippen LogP contribution in [0.3, 0.4) is 0 Å². The van der Waals surface area contributed by atoms with E-state index in [0.717, 1.165) is 18.6 Å². The van der Waals surface area contributed by atoms with Crippen LogP contribution in [0.4, 0.5) is 0 Å². The van der Waals surface area contributed by atoms with Crippen molar-refractivity contribution in [3.8, 4) is 0 Å². The zero-order chi connectivity index (χ0) is 12.8. The maximum absolute atomic E-state index is 12.1. The van der Waals surface area contributed by atoms with Crippen molar-refractivity contribution in [3.63, 3.8) is 0 Å². The van der Waals surface area contributed by atoms with E-state index in [1.54, 1.807) is 0 Å². The predicted octanol–water partition coefficient (Wildman–Crippen LogP) is 3.33. The molecule has 0 saturated heterocycles. The molecule has 1 heterocycles. The van der Waals surface area contributed by atoms with Crippen molar-refractivity contribution < 1.29 is 4.79 Å². The first-order valence-electron chi connectivity index (χ1n) is 6.64. The summed E-state index contributed by atoms with van der Waals surface area (Å²) in [7, 11) is 0. The van der Waals surface area contributed by atoms with Crippen LogP contribution >= 0.6 is 0 Å². The standard InChI is InChI=1S/C14H22BNO/c1-9(2)13-10(3)15(16-11(13)4)8-12(17)14(5)6-7-14/h9H,6-8H2,1-5H3. The molecule has 2 aliphatic rings. The van der Waals surface area contributed by atoms with Crippen LogP contribution in [-0.2, 0) is 4.79 Å². The molecule has 0 spiro atoms. The first kappa shape index (κ1) is 12.6. The summed E-state index contributed by atoms with van der Waals surface area (Å²) in [5.74, 6) is 0.916. The number of nitrogens with zero attached hydrogens (tertiary/aromatic N) is 1. The average molecular weight is 231 g/mol. The highest BCUT2D eigenvalue weighted by Crippen LogP contribution is 2.47. The van der Waals surface area contributed by atoms with Crippen molar-refractivity contribution in [3.05, 3.63) is 11.0 Å². The molecule has 0 unspecified atom stereocenters. The average Bonchev–Trinajstić information content (AvgIpc) is 2.89. The highest BCUT2D eigenvalue weighted by Gasteiger charge is 2.46. The van der Waals surface area contributed by atoms with Crippen molar-refractivity contribution in [1.29, 1.82) is 0 Å². The van der Waals surface area contributed by atoms with Gasteiger partial charge in [-0.25, -0.2) is 0 Å². The summed E-state index contributed by atoms with van der Waals surface area (Å²) in [6.45, 7) is 10.8. The SMILES string of the molecule is CC1=NB(CC(=O)C2(C)CC2)C(C)=C1C(C)C. The van der Waals surface area contributed by atoms with E-state index in [-0.39, 0.29) is 12.3 Å². The lowest BCUT2D eigenvalue weighted by Crippen LogP contribution is -2.21. The van der Waals surface area contributed by atoms with Crippen LogP contribution in [0.5, 0.6) is 0 Å². The van der Waals surface area contributed by atoms with Crippen LogP contribution in [0, 0.1) is 11.3 Å². The first-order chi connectivity index (χ1) is 7.85. The number of carbonyl (C=O) groups excluding carboxylic acids is 1. The van der Waals surface area contributed by atoms with Gasteiger partial charge < -0.3 is 4.90 Å². The lowest BCUT2D eigenvalue weighted by atomic mass is 9.52. The highest BCUT2D eigenvalue weighted by atomic mass is 16.1. The molecule has 92 valence electrons. The molecule has 0 radical (unpaired) electrons. The molecule has 0 aromatic carbocycles. The fraction of sp³-hybridized carbons (Fsp3) is 0.714. The van der Waals surface area contributed by atoms with E-state index in [1.807, 2.05) is 0 Å². The predicted molar refractivity (Wildman–Crippen MR) is 73.6 cm³/mol. The Kier molecular flexibility index (Phi) is 3.05. The van der Waals surface area contributed by atoms with Crippen molar-refractivity contribution in [2.24, 2.45) is 16.2 Å². The minimum Gasteiger partial charge on any atom is -0.339 e. The number of rotatable bonds is 4. The van der Waals surface area contributed by atoms with E-state index in [4.69, 9.17) is 0 Å². The second-order valence-electron chi connectivity index (χ2n) is 6.17. The van der Waals surface area contributed by atoms with Crippen molar-refractivity contribution in [2.45, 2.75) is 53.8 Å². The van der Waals surface area contributed by atoms with E-state index in [9.17, 15) is 4.79 Å². The lowest BCUT2D eigenvalue weighted by Gasteiger charge is -2.11. The third kappa shape index (κ3) is 2.24. The van der Waals surface area contributed by atoms with Gasteiger partial charge in [0.2, 0.25) is 0 Å². The smallest absolute Gasteiger partial charge is 0.315 e. The third-order valence-electron chi connectivity index (χ3n) is 4.29. The Labute approximate surface area is 105 Å². The quantitative estimate of drug-likeness (QED) is 0.682. The first-order valence-corrected chi connectivity index (χ1v) is 6.64. The van der Waals surface area contributed by atoms with Crippen LogP contribution < -0.4 is 0 Å². The van der Waals surface area contributed by atoms with Gasteiger partial charge in [-0.15, -0.1) is 0 Å². The maximum atomic E-state index is 12.1. The van der Waals surface area contributed by atoms with Gasteiger partial charge in [-0.1, -0.05) is 26.2 Å². The Hall–Kier alpha value is -0.855. The summed E-state index contributed by atoms with van der Waals surface area (Å²) >= 11 is 0. The highest BCUT2D eigenvalue weighted by molar-refractivity contribution is 6.72. The van der Waals surface area contributed by atoms with Crippen LogP contribution in [-0.4, -0.2) is 18.3 Å². The number of ketones is 1. The van der Waals surface area contributed by atoms with Gasteiger partial charge in [0.15, 0.2) is 0 Å². The number of Topliss-reactive ketones (excluding diaryl/α,β-unsaturated/α-hetero) is 1. The van der Waals surface area contributed by atoms with Gasteiger partial charge in [0.25, 0.3) is 0 Å². The van der Waals surface area contributed by atoms with Crippen LogP contribution in [0.25, 0.3) is 0 Å². The second kappa shape index (κ2) is 4.11. The molecule has 1 aliphatic heterocycles. The minimum atomic E-state index is -0.00963. The van der Waals surface area contributed by atoms with Gasteiger partial charge in [0.05, 0.1) is 0 Å². The molecular formula is C14H22BNO. The van der Waals surface area contributed by atoms with Crippen molar-refractivity contribution in [1.82, 2.24) is 0 Å². The Balaban J connectivity index is 2.12. The Morgan fingerprint density at radius 2 is 2.00 bits per heavy atom. The molecule has 0 amide bonds. The number of carbonyl (C=O) groups is 1. The van der Waals surface area contributed by atoms with Gasteiger partial charge in [0, 0.05) is 17.4 Å². The number of allylic oxidation sites excluding steroid dienone is 2. The van der Waals surface area contributed by atoms with Crippen LogP contribution in [0.2, 0.25) is 6.32 Å². The summed E-state index contributed by atoms with van der Waals surface area (Å²) < 4.78 is 0. The van der Waals surface area contributed by atoms with E-state index in [2.05, 4.69) is 39.5 Å². The van der Waals surface area contributed by atoms with E-state index < -0.39 is 0 Å². The monoisotopic (exact) mass is 231 g/mol. The fourth-order valence-electron chi connectivity index (χ4n) is 2.83. The maximum Gasteiger partial charge on any atom is 0.315 e. The van der Waals surface area contributed by atoms with Gasteiger partial charge in [-0.05, 0) is 38.2 Å². The van der Waals surface area contributed by atoms with E-state index in [0.29, 0.717) is 18.0 Å². The number of hydrogen-bond donors (Lipinski definition) is 0. The molecule has 17 heavy (non-hydrogen) atoms. The van der Waals surface area contributed by atoms with Gasteiger partial charge in [-0.3, -0.25) is 4.79 Å². The molecule has 3 heteroatoms. The molecule has 1 fully saturated rings. The van der Waals surface area contributed by atoms with Crippen LogP contribution in [0.1, 0.15) is 47.5 Å². The van der Waals surface area contributed by atoms with Gasteiger partial charge >= 0.3 is 6.85 Å². The topological polar surface area (TPSA) is 29.4 Å². The van der Waals surface area contributed by atoms with Gasteiger partial charge in [-0.2, -0.15) is 0 Å². The minimum absolute atomic E-state index is 0.00963. The molecule has 0 aromatic heterocycles. The molecule has 0 N–H and O–H groups in total. The Morgan fingerprint density at radius 3 is 2.41 bits per heavy atom. The van der Waals surface area contributed by atoms with Crippen molar-refractivity contribution in [2.75, 3.05) is 0 Å². The summed E-state index contributed by atoms with van der Waals surface area (Å²) in [5, 5.41) is 0. The zero-order valence-corrected chi connectivity index (χ0v) is 11.6. The second-order valence-corrected chi connectivity index (χ2v) is 6.17. The third-order valence-corrected chi connectivity index (χ3v) is 4.29. The van der Waals surface area contributed by atoms with E-state index in [1.165, 1.54) is 11.0 Å². The van der Waals surface area contributed by atoms with Gasteiger partial charge in [0.1, 0.15) is 5.78 Å². The molecule has 0 aromatic rings. The molecular weight excluding hydrogens is 209 g/mol. The summed E-state index contributed by atoms with van der Waals surface area (Å²) in [4.78, 5) is 16.8. The van der Waals surface area contributed by atoms with Crippen molar-refractivity contribution >= 4 is 18.3 Å². The molecule has 2 rings (SSSR count). The lowest BCUT2D eigenvalue weighted by molar-refractivity contribution is -0.121. The largest absolute Gasteiger partial charge is 0.339 e. The zero-order valence-electron chi connectivity index (χ0n) is 11.6. The Bertz CT molecular complexity index is 416. The molecule has 1 saturated carbocycles. The molecule has 0 bridgehead atoms. The normalized spacial score (nSPS) is 22.2. The van der Waals surface area contributed by atoms with Crippen LogP contribution in [0.15, 0.2) is 15.9 Å². The summed E-state index contributed by atoms with van der Waals surface area (Å²) in [5.41, 5.74) is 3.81.